The lowest BCUT2D eigenvalue weighted by Gasteiger charge is -2.30. The third kappa shape index (κ3) is 4.12. The number of benzene rings is 2. The maximum Gasteiger partial charge on any atom is 0.265 e. The fourth-order valence-corrected chi connectivity index (χ4v) is 4.51. The van der Waals surface area contributed by atoms with Crippen LogP contribution in [0.2, 0.25) is 0 Å². The Morgan fingerprint density at radius 3 is 2.63 bits per heavy atom. The number of nitrogens with one attached hydrogen (secondary N) is 1. The summed E-state index contributed by atoms with van der Waals surface area (Å²) in [5.41, 5.74) is 1.59. The van der Waals surface area contributed by atoms with Gasteiger partial charge in [-0.25, -0.2) is 0 Å². The highest BCUT2D eigenvalue weighted by Crippen LogP contribution is 2.38. The number of rotatable bonds is 4. The van der Waals surface area contributed by atoms with Gasteiger partial charge in [-0.3, -0.25) is 19.3 Å². The summed E-state index contributed by atoms with van der Waals surface area (Å²) in [4.78, 5) is 40.0. The average Bonchev–Trinajstić information content (AvgIpc) is 3.18. The Labute approximate surface area is 183 Å². The minimum atomic E-state index is -0.893. The van der Waals surface area contributed by atoms with Gasteiger partial charge >= 0.3 is 0 Å². The Kier molecular flexibility index (Phi) is 5.90. The minimum Gasteiger partial charge on any atom is -0.483 e. The molecule has 0 aromatic heterocycles. The first-order chi connectivity index (χ1) is 14.4. The monoisotopic (exact) mass is 470 g/mol. The molecule has 0 radical (unpaired) electrons. The second kappa shape index (κ2) is 8.60. The maximum absolute atomic E-state index is 13.5. The second-order valence-electron chi connectivity index (χ2n) is 7.73. The summed E-state index contributed by atoms with van der Waals surface area (Å²) in [5.74, 6) is -0.184. The van der Waals surface area contributed by atoms with Crippen molar-refractivity contribution in [2.45, 2.75) is 44.7 Å². The van der Waals surface area contributed by atoms with Crippen molar-refractivity contribution < 1.29 is 19.1 Å². The number of anilines is 1. The molecule has 1 fully saturated rings. The molecule has 30 heavy (non-hydrogen) atoms. The Bertz CT molecular complexity index is 1000. The number of ether oxygens (including phenoxy) is 1. The standard InChI is InChI=1S/C23H23BrN2O4/c1-14(27)15-5-4-8-18(11-15)26-21(28)13-30-20-10-9-16(24)12-19(20)22(26)23(29)25-17-6-2-3-7-17/h4-5,8-12,17,22H,2-3,6-7,13H2,1H3,(H,25,29)/t22-/m1/s1. The molecule has 2 aromatic rings. The van der Waals surface area contributed by atoms with Crippen LogP contribution >= 0.6 is 15.9 Å². The Morgan fingerprint density at radius 2 is 1.90 bits per heavy atom. The van der Waals surface area contributed by atoms with Crippen molar-refractivity contribution >= 4 is 39.2 Å². The molecule has 2 aromatic carbocycles. The zero-order valence-corrected chi connectivity index (χ0v) is 18.3. The van der Waals surface area contributed by atoms with Crippen LogP contribution < -0.4 is 15.0 Å². The fourth-order valence-electron chi connectivity index (χ4n) is 4.13. The summed E-state index contributed by atoms with van der Waals surface area (Å²) in [6.07, 6.45) is 4.05. The number of hydrogen-bond donors (Lipinski definition) is 1. The summed E-state index contributed by atoms with van der Waals surface area (Å²) >= 11 is 3.47. The zero-order chi connectivity index (χ0) is 21.3. The Morgan fingerprint density at radius 1 is 1.13 bits per heavy atom. The third-order valence-corrected chi connectivity index (χ3v) is 6.12. The average molecular weight is 471 g/mol. The first-order valence-electron chi connectivity index (χ1n) is 10.1. The van der Waals surface area contributed by atoms with Crippen molar-refractivity contribution in [3.05, 3.63) is 58.1 Å². The van der Waals surface area contributed by atoms with Gasteiger partial charge in [0.2, 0.25) is 5.91 Å². The maximum atomic E-state index is 13.5. The van der Waals surface area contributed by atoms with E-state index in [4.69, 9.17) is 4.74 Å². The van der Waals surface area contributed by atoms with Crippen LogP contribution in [-0.2, 0) is 9.59 Å². The number of halogens is 1. The lowest BCUT2D eigenvalue weighted by Crippen LogP contribution is -2.46. The highest BCUT2D eigenvalue weighted by Gasteiger charge is 2.38. The van der Waals surface area contributed by atoms with E-state index in [1.807, 2.05) is 12.1 Å². The summed E-state index contributed by atoms with van der Waals surface area (Å²) < 4.78 is 6.52. The fraction of sp³-hybridized carbons (Fsp3) is 0.348. The molecular weight excluding hydrogens is 448 g/mol. The number of hydrogen-bond acceptors (Lipinski definition) is 4. The largest absolute Gasteiger partial charge is 0.483 e. The highest BCUT2D eigenvalue weighted by atomic mass is 79.9. The molecule has 1 aliphatic heterocycles. The van der Waals surface area contributed by atoms with Gasteiger partial charge in [-0.2, -0.15) is 0 Å². The van der Waals surface area contributed by atoms with Crippen molar-refractivity contribution in [3.8, 4) is 5.75 Å². The van der Waals surface area contributed by atoms with Crippen LogP contribution in [0.4, 0.5) is 5.69 Å². The van der Waals surface area contributed by atoms with Crippen LogP contribution in [0.15, 0.2) is 46.9 Å². The zero-order valence-electron chi connectivity index (χ0n) is 16.7. The summed E-state index contributed by atoms with van der Waals surface area (Å²) in [7, 11) is 0. The van der Waals surface area contributed by atoms with Gasteiger partial charge in [0.25, 0.3) is 5.91 Å². The van der Waals surface area contributed by atoms with E-state index >= 15 is 0 Å². The summed E-state index contributed by atoms with van der Waals surface area (Å²) in [5, 5.41) is 3.12. The van der Waals surface area contributed by atoms with Crippen LogP contribution in [0.25, 0.3) is 0 Å². The summed E-state index contributed by atoms with van der Waals surface area (Å²) in [6, 6.07) is 11.4. The lowest BCUT2D eigenvalue weighted by atomic mass is 10.0. The van der Waals surface area contributed by atoms with Crippen LogP contribution in [0.3, 0.4) is 0 Å². The molecule has 4 rings (SSSR count). The number of fused-ring (bicyclic) bond motifs is 1. The normalized spacial score (nSPS) is 19.1. The molecule has 6 nitrogen and oxygen atoms in total. The molecule has 2 amide bonds. The molecular formula is C23H23BrN2O4. The van der Waals surface area contributed by atoms with E-state index in [2.05, 4.69) is 21.2 Å². The third-order valence-electron chi connectivity index (χ3n) is 5.63. The number of carbonyl (C=O) groups excluding carboxylic acids is 3. The predicted molar refractivity (Wildman–Crippen MR) is 117 cm³/mol. The lowest BCUT2D eigenvalue weighted by molar-refractivity contribution is -0.127. The van der Waals surface area contributed by atoms with Crippen molar-refractivity contribution in [3.63, 3.8) is 0 Å². The molecule has 0 spiro atoms. The van der Waals surface area contributed by atoms with E-state index in [9.17, 15) is 14.4 Å². The molecule has 1 N–H and O–H groups in total. The molecule has 7 heteroatoms. The number of carbonyl (C=O) groups is 3. The van der Waals surface area contributed by atoms with E-state index in [1.165, 1.54) is 11.8 Å². The minimum absolute atomic E-state index is 0.106. The number of amides is 2. The van der Waals surface area contributed by atoms with Gasteiger partial charge in [0.15, 0.2) is 12.4 Å². The van der Waals surface area contributed by atoms with Crippen molar-refractivity contribution in [2.75, 3.05) is 11.5 Å². The molecule has 156 valence electrons. The number of ketones is 1. The van der Waals surface area contributed by atoms with Gasteiger partial charge in [0, 0.05) is 27.3 Å². The molecule has 2 aliphatic rings. The molecule has 1 aliphatic carbocycles. The molecule has 1 saturated carbocycles. The predicted octanol–water partition coefficient (Wildman–Crippen LogP) is 4.18. The molecule has 1 heterocycles. The van der Waals surface area contributed by atoms with Gasteiger partial charge in [-0.1, -0.05) is 40.9 Å². The molecule has 0 saturated heterocycles. The second-order valence-corrected chi connectivity index (χ2v) is 8.65. The Hall–Kier alpha value is -2.67. The molecule has 0 unspecified atom stereocenters. The van der Waals surface area contributed by atoms with Crippen molar-refractivity contribution in [2.24, 2.45) is 0 Å². The van der Waals surface area contributed by atoms with Gasteiger partial charge in [0.1, 0.15) is 11.8 Å². The highest BCUT2D eigenvalue weighted by molar-refractivity contribution is 9.10. The van der Waals surface area contributed by atoms with Crippen molar-refractivity contribution in [1.82, 2.24) is 5.32 Å². The van der Waals surface area contributed by atoms with Crippen molar-refractivity contribution in [1.29, 1.82) is 0 Å². The molecule has 1 atom stereocenters. The van der Waals surface area contributed by atoms with Gasteiger partial charge in [-0.15, -0.1) is 0 Å². The van der Waals surface area contributed by atoms with Gasteiger partial charge in [-0.05, 0) is 50.1 Å². The van der Waals surface area contributed by atoms with Crippen LogP contribution in [0.5, 0.6) is 5.75 Å². The van der Waals surface area contributed by atoms with Gasteiger partial charge in [0.05, 0.1) is 0 Å². The topological polar surface area (TPSA) is 75.7 Å². The number of nitrogens with zero attached hydrogens (tertiary/aromatic N) is 1. The van der Waals surface area contributed by atoms with Gasteiger partial charge < -0.3 is 10.1 Å². The summed E-state index contributed by atoms with van der Waals surface area (Å²) in [6.45, 7) is 1.29. The van der Waals surface area contributed by atoms with E-state index in [1.54, 1.807) is 30.3 Å². The smallest absolute Gasteiger partial charge is 0.265 e. The van der Waals surface area contributed by atoms with E-state index in [0.29, 0.717) is 22.6 Å². The van der Waals surface area contributed by atoms with E-state index in [0.717, 1.165) is 30.2 Å². The van der Waals surface area contributed by atoms with Crippen LogP contribution in [-0.4, -0.2) is 30.2 Å². The Balaban J connectivity index is 1.82. The van der Waals surface area contributed by atoms with E-state index < -0.39 is 6.04 Å². The number of Topliss-reactive ketones (excluding diaryl/α,β-unsaturated/α-hetero) is 1. The molecule has 0 bridgehead atoms. The first kappa shape index (κ1) is 20.6. The van der Waals surface area contributed by atoms with Crippen LogP contribution in [0.1, 0.15) is 54.6 Å². The quantitative estimate of drug-likeness (QED) is 0.680. The van der Waals surface area contributed by atoms with E-state index in [-0.39, 0.29) is 30.2 Å². The SMILES string of the molecule is CC(=O)c1cccc(N2C(=O)COc3ccc(Br)cc3[C@@H]2C(=O)NC2CCCC2)c1. The first-order valence-corrected chi connectivity index (χ1v) is 10.9. The van der Waals surface area contributed by atoms with Crippen LogP contribution in [0, 0.1) is 0 Å².